The summed E-state index contributed by atoms with van der Waals surface area (Å²) in [4.78, 5) is 52.0. The largest absolute Gasteiger partial charge is 0.355 e. The van der Waals surface area contributed by atoms with Crippen LogP contribution in [0.2, 0.25) is 0 Å². The number of hydrogen-bond donors (Lipinski definition) is 2. The molecule has 3 heterocycles. The molecule has 0 spiro atoms. The van der Waals surface area contributed by atoms with Crippen LogP contribution in [0.3, 0.4) is 0 Å². The SMILES string of the molecule is O=C1NCCCC1C(=O)N1CCN(C(=O)C2CCCNC2=O)CC1. The highest BCUT2D eigenvalue weighted by Crippen LogP contribution is 2.19. The van der Waals surface area contributed by atoms with Gasteiger partial charge < -0.3 is 20.4 Å². The van der Waals surface area contributed by atoms with E-state index in [1.54, 1.807) is 9.80 Å². The predicted molar refractivity (Wildman–Crippen MR) is 84.6 cm³/mol. The summed E-state index contributed by atoms with van der Waals surface area (Å²) in [7, 11) is 0. The number of nitrogens with one attached hydrogen (secondary N) is 2. The van der Waals surface area contributed by atoms with Crippen LogP contribution < -0.4 is 10.6 Å². The number of rotatable bonds is 2. The molecule has 3 saturated heterocycles. The third-order valence-electron chi connectivity index (χ3n) is 5.07. The van der Waals surface area contributed by atoms with Crippen LogP contribution in [0.5, 0.6) is 0 Å². The number of piperidine rings is 2. The summed E-state index contributed by atoms with van der Waals surface area (Å²) in [6, 6.07) is 0. The first-order chi connectivity index (χ1) is 11.6. The minimum Gasteiger partial charge on any atom is -0.355 e. The zero-order valence-corrected chi connectivity index (χ0v) is 13.8. The fraction of sp³-hybridized carbons (Fsp3) is 0.750. The Morgan fingerprint density at radius 3 is 1.46 bits per heavy atom. The molecule has 0 aromatic rings. The second-order valence-corrected chi connectivity index (χ2v) is 6.62. The lowest BCUT2D eigenvalue weighted by molar-refractivity contribution is -0.151. The molecule has 2 unspecified atom stereocenters. The Bertz CT molecular complexity index is 494. The van der Waals surface area contributed by atoms with Gasteiger partial charge in [-0.15, -0.1) is 0 Å². The summed E-state index contributed by atoms with van der Waals surface area (Å²) >= 11 is 0. The molecule has 3 aliphatic heterocycles. The Morgan fingerprint density at radius 2 is 1.12 bits per heavy atom. The van der Waals surface area contributed by atoms with Crippen molar-refractivity contribution in [3.05, 3.63) is 0 Å². The quantitative estimate of drug-likeness (QED) is 0.613. The summed E-state index contributed by atoms with van der Waals surface area (Å²) in [6.45, 7) is 2.94. The maximum atomic E-state index is 12.5. The van der Waals surface area contributed by atoms with E-state index in [1.807, 2.05) is 0 Å². The molecule has 8 heteroatoms. The van der Waals surface area contributed by atoms with Gasteiger partial charge >= 0.3 is 0 Å². The van der Waals surface area contributed by atoms with Gasteiger partial charge in [0, 0.05) is 39.3 Å². The first-order valence-electron chi connectivity index (χ1n) is 8.71. The zero-order chi connectivity index (χ0) is 17.1. The van der Waals surface area contributed by atoms with E-state index in [9.17, 15) is 19.2 Å². The molecule has 3 fully saturated rings. The fourth-order valence-corrected chi connectivity index (χ4v) is 3.60. The van der Waals surface area contributed by atoms with E-state index in [1.165, 1.54) is 0 Å². The number of carbonyl (C=O) groups is 4. The van der Waals surface area contributed by atoms with Crippen LogP contribution in [0.25, 0.3) is 0 Å². The predicted octanol–water partition coefficient (Wildman–Crippen LogP) is -1.29. The lowest BCUT2D eigenvalue weighted by atomic mass is 9.96. The van der Waals surface area contributed by atoms with Crippen LogP contribution in [-0.2, 0) is 19.2 Å². The molecular weight excluding hydrogens is 312 g/mol. The summed E-state index contributed by atoms with van der Waals surface area (Å²) < 4.78 is 0. The molecule has 24 heavy (non-hydrogen) atoms. The van der Waals surface area contributed by atoms with Crippen molar-refractivity contribution in [1.29, 1.82) is 0 Å². The van der Waals surface area contributed by atoms with Gasteiger partial charge in [-0.05, 0) is 25.7 Å². The van der Waals surface area contributed by atoms with Gasteiger partial charge in [-0.2, -0.15) is 0 Å². The molecule has 3 rings (SSSR count). The van der Waals surface area contributed by atoms with E-state index >= 15 is 0 Å². The van der Waals surface area contributed by atoms with Crippen molar-refractivity contribution in [1.82, 2.24) is 20.4 Å². The van der Waals surface area contributed by atoms with Crippen molar-refractivity contribution in [2.24, 2.45) is 11.8 Å². The van der Waals surface area contributed by atoms with Crippen LogP contribution in [-0.4, -0.2) is 72.7 Å². The maximum Gasteiger partial charge on any atom is 0.235 e. The third kappa shape index (κ3) is 3.37. The fourth-order valence-electron chi connectivity index (χ4n) is 3.60. The van der Waals surface area contributed by atoms with Gasteiger partial charge in [0.2, 0.25) is 23.6 Å². The zero-order valence-electron chi connectivity index (χ0n) is 13.8. The lowest BCUT2D eigenvalue weighted by Gasteiger charge is -2.38. The monoisotopic (exact) mass is 336 g/mol. The molecule has 8 nitrogen and oxygen atoms in total. The molecule has 2 atom stereocenters. The van der Waals surface area contributed by atoms with Crippen LogP contribution in [0.15, 0.2) is 0 Å². The minimum atomic E-state index is -0.592. The Balaban J connectivity index is 1.53. The van der Waals surface area contributed by atoms with E-state index in [-0.39, 0.29) is 23.6 Å². The second-order valence-electron chi connectivity index (χ2n) is 6.62. The maximum absolute atomic E-state index is 12.5. The van der Waals surface area contributed by atoms with Gasteiger partial charge in [-0.25, -0.2) is 0 Å². The number of nitrogens with zero attached hydrogens (tertiary/aromatic N) is 2. The minimum absolute atomic E-state index is 0.144. The Labute approximate surface area is 140 Å². The van der Waals surface area contributed by atoms with Crippen molar-refractivity contribution in [3.63, 3.8) is 0 Å². The summed E-state index contributed by atoms with van der Waals surface area (Å²) in [5.74, 6) is -1.85. The average Bonchev–Trinajstić information content (AvgIpc) is 2.61. The van der Waals surface area contributed by atoms with Crippen LogP contribution in [0.1, 0.15) is 25.7 Å². The molecule has 0 aromatic heterocycles. The van der Waals surface area contributed by atoms with Gasteiger partial charge in [-0.1, -0.05) is 0 Å². The molecule has 0 aliphatic carbocycles. The Morgan fingerprint density at radius 1 is 0.750 bits per heavy atom. The topological polar surface area (TPSA) is 98.8 Å². The highest BCUT2D eigenvalue weighted by atomic mass is 16.2. The highest BCUT2D eigenvalue weighted by molar-refractivity contribution is 6.02. The molecule has 3 aliphatic rings. The molecule has 0 aromatic carbocycles. The number of amides is 4. The number of hydrogen-bond acceptors (Lipinski definition) is 4. The molecule has 0 bridgehead atoms. The van der Waals surface area contributed by atoms with Gasteiger partial charge in [0.15, 0.2) is 0 Å². The van der Waals surface area contributed by atoms with Gasteiger partial charge in [0.1, 0.15) is 11.8 Å². The Kier molecular flexibility index (Phi) is 5.01. The summed E-state index contributed by atoms with van der Waals surface area (Å²) in [5, 5.41) is 5.46. The molecule has 2 N–H and O–H groups in total. The Hall–Kier alpha value is -2.12. The van der Waals surface area contributed by atoms with Crippen LogP contribution >= 0.6 is 0 Å². The van der Waals surface area contributed by atoms with Gasteiger partial charge in [0.25, 0.3) is 0 Å². The van der Waals surface area contributed by atoms with Crippen LogP contribution in [0, 0.1) is 11.8 Å². The molecule has 4 amide bonds. The van der Waals surface area contributed by atoms with Crippen molar-refractivity contribution in [3.8, 4) is 0 Å². The van der Waals surface area contributed by atoms with E-state index in [0.29, 0.717) is 52.1 Å². The average molecular weight is 336 g/mol. The number of carbonyl (C=O) groups excluding carboxylic acids is 4. The van der Waals surface area contributed by atoms with Crippen molar-refractivity contribution < 1.29 is 19.2 Å². The highest BCUT2D eigenvalue weighted by Gasteiger charge is 2.37. The molecular formula is C16H24N4O4. The standard InChI is InChI=1S/C16H24N4O4/c21-13-11(3-1-5-17-13)15(23)19-7-9-20(10-8-19)16(24)12-4-2-6-18-14(12)22/h11-12H,1-10H2,(H,17,21)(H,18,22). The summed E-state index contributed by atoms with van der Waals surface area (Å²) in [5.41, 5.74) is 0. The van der Waals surface area contributed by atoms with Crippen LogP contribution in [0.4, 0.5) is 0 Å². The van der Waals surface area contributed by atoms with E-state index in [0.717, 1.165) is 12.8 Å². The van der Waals surface area contributed by atoms with Gasteiger partial charge in [0.05, 0.1) is 0 Å². The molecule has 132 valence electrons. The third-order valence-corrected chi connectivity index (χ3v) is 5.07. The van der Waals surface area contributed by atoms with Crippen molar-refractivity contribution in [2.45, 2.75) is 25.7 Å². The number of piperazine rings is 1. The molecule has 0 saturated carbocycles. The van der Waals surface area contributed by atoms with E-state index in [4.69, 9.17) is 0 Å². The normalized spacial score (nSPS) is 28.2. The van der Waals surface area contributed by atoms with Crippen molar-refractivity contribution >= 4 is 23.6 Å². The summed E-state index contributed by atoms with van der Waals surface area (Å²) in [6.07, 6.45) is 2.81. The molecule has 0 radical (unpaired) electrons. The lowest BCUT2D eigenvalue weighted by Crippen LogP contribution is -2.56. The van der Waals surface area contributed by atoms with E-state index < -0.39 is 11.8 Å². The van der Waals surface area contributed by atoms with Crippen molar-refractivity contribution in [2.75, 3.05) is 39.3 Å². The first kappa shape index (κ1) is 16.7. The smallest absolute Gasteiger partial charge is 0.235 e. The first-order valence-corrected chi connectivity index (χ1v) is 8.71. The van der Waals surface area contributed by atoms with E-state index in [2.05, 4.69) is 10.6 Å². The van der Waals surface area contributed by atoms with Gasteiger partial charge in [-0.3, -0.25) is 19.2 Å². The second kappa shape index (κ2) is 7.19.